The number of nitrogens with zero attached hydrogens (tertiary/aromatic N) is 4. The molecule has 26 heavy (non-hydrogen) atoms. The molecule has 0 atom stereocenters. The number of thioether (sulfide) groups is 1. The van der Waals surface area contributed by atoms with Crippen LogP contribution in [0.4, 0.5) is 0 Å². The Labute approximate surface area is 158 Å². The lowest BCUT2D eigenvalue weighted by Crippen LogP contribution is -1.88. The lowest BCUT2D eigenvalue weighted by Gasteiger charge is -2.01. The number of aryl methyl sites for hydroxylation is 3. The molecule has 3 heterocycles. The van der Waals surface area contributed by atoms with Crippen molar-refractivity contribution in [3.8, 4) is 11.5 Å². The zero-order valence-corrected chi connectivity index (χ0v) is 15.9. The summed E-state index contributed by atoms with van der Waals surface area (Å²) >= 11 is 3.45. The molecule has 5 rings (SSSR count). The normalized spacial score (nSPS) is 13.4. The third-order valence-corrected chi connectivity index (χ3v) is 6.70. The van der Waals surface area contributed by atoms with Crippen molar-refractivity contribution < 1.29 is 4.42 Å². The fraction of sp³-hybridized carbons (Fsp3) is 0.263. The highest BCUT2D eigenvalue weighted by molar-refractivity contribution is 7.98. The van der Waals surface area contributed by atoms with E-state index in [0.29, 0.717) is 17.5 Å². The molecule has 1 aliphatic rings. The molecule has 130 valence electrons. The van der Waals surface area contributed by atoms with E-state index in [1.807, 2.05) is 29.5 Å². The number of aromatic nitrogens is 4. The smallest absolute Gasteiger partial charge is 0.247 e. The first-order valence-electron chi connectivity index (χ1n) is 8.55. The molecule has 7 heteroatoms. The predicted molar refractivity (Wildman–Crippen MR) is 103 cm³/mol. The summed E-state index contributed by atoms with van der Waals surface area (Å²) in [6.45, 7) is 2.05. The van der Waals surface area contributed by atoms with E-state index in [0.717, 1.165) is 21.8 Å². The van der Waals surface area contributed by atoms with Crippen LogP contribution in [0.3, 0.4) is 0 Å². The van der Waals surface area contributed by atoms with Crippen LogP contribution in [0, 0.1) is 6.92 Å². The van der Waals surface area contributed by atoms with Crippen molar-refractivity contribution in [3.05, 3.63) is 52.5 Å². The average molecular weight is 380 g/mol. The lowest BCUT2D eigenvalue weighted by molar-refractivity contribution is 0.528. The number of rotatable bonds is 4. The fourth-order valence-electron chi connectivity index (χ4n) is 3.35. The van der Waals surface area contributed by atoms with Crippen LogP contribution in [0.15, 0.2) is 40.0 Å². The van der Waals surface area contributed by atoms with Crippen LogP contribution in [0.1, 0.15) is 28.3 Å². The molecule has 5 nitrogen and oxygen atoms in total. The van der Waals surface area contributed by atoms with Crippen molar-refractivity contribution >= 4 is 33.3 Å². The van der Waals surface area contributed by atoms with Gasteiger partial charge < -0.3 is 4.42 Å². The Hall–Kier alpha value is -2.25. The summed E-state index contributed by atoms with van der Waals surface area (Å²) in [4.78, 5) is 11.5. The highest BCUT2D eigenvalue weighted by atomic mass is 32.2. The Morgan fingerprint density at radius 2 is 2.15 bits per heavy atom. The molecule has 1 aromatic carbocycles. The van der Waals surface area contributed by atoms with E-state index in [-0.39, 0.29) is 0 Å². The van der Waals surface area contributed by atoms with Gasteiger partial charge in [0.2, 0.25) is 11.8 Å². The molecule has 0 fully saturated rings. The second kappa shape index (κ2) is 6.48. The fourth-order valence-corrected chi connectivity index (χ4v) is 5.50. The highest BCUT2D eigenvalue weighted by Crippen LogP contribution is 2.40. The molecule has 0 amide bonds. The Bertz CT molecular complexity index is 1100. The molecule has 0 saturated heterocycles. The summed E-state index contributed by atoms with van der Waals surface area (Å²) in [6, 6.07) is 8.08. The number of fused-ring (bicyclic) bond motifs is 3. The van der Waals surface area contributed by atoms with Gasteiger partial charge in [-0.15, -0.1) is 21.5 Å². The van der Waals surface area contributed by atoms with Crippen LogP contribution in [-0.2, 0) is 18.6 Å². The molecule has 3 aromatic heterocycles. The zero-order chi connectivity index (χ0) is 17.5. The summed E-state index contributed by atoms with van der Waals surface area (Å²) < 4.78 is 5.85. The summed E-state index contributed by atoms with van der Waals surface area (Å²) in [7, 11) is 0. The van der Waals surface area contributed by atoms with Crippen LogP contribution < -0.4 is 0 Å². The monoisotopic (exact) mass is 380 g/mol. The summed E-state index contributed by atoms with van der Waals surface area (Å²) in [5, 5.41) is 10.6. The second-order valence-electron chi connectivity index (χ2n) is 6.38. The van der Waals surface area contributed by atoms with Gasteiger partial charge in [-0.1, -0.05) is 29.5 Å². The first-order valence-corrected chi connectivity index (χ1v) is 10.4. The summed E-state index contributed by atoms with van der Waals surface area (Å²) in [5.74, 6) is 1.79. The summed E-state index contributed by atoms with van der Waals surface area (Å²) in [6.07, 6.45) is 5.19. The minimum atomic E-state index is 0.563. The third-order valence-electron chi connectivity index (χ3n) is 4.53. The molecule has 0 unspecified atom stereocenters. The predicted octanol–water partition coefficient (Wildman–Crippen LogP) is 4.83. The Kier molecular flexibility index (Phi) is 3.98. The minimum Gasteiger partial charge on any atom is -0.420 e. The van der Waals surface area contributed by atoms with Crippen LogP contribution in [0.5, 0.6) is 0 Å². The standard InChI is InChI=1S/C19H16N4OS2/c1-11-4-2-5-12(8-11)17-23-22-15(24-17)9-25-18-16-13-6-3-7-14(13)26-19(16)21-10-20-18/h2,4-5,8,10H,3,6-7,9H2,1H3. The SMILES string of the molecule is Cc1cccc(-c2nnc(CSc3ncnc4sc5c(c34)CCC5)o2)c1. The first-order chi connectivity index (χ1) is 12.8. The molecule has 4 aromatic rings. The molecule has 0 radical (unpaired) electrons. The molecule has 0 aliphatic heterocycles. The van der Waals surface area contributed by atoms with Gasteiger partial charge in [-0.05, 0) is 43.9 Å². The van der Waals surface area contributed by atoms with Crippen molar-refractivity contribution in [1.29, 1.82) is 0 Å². The Balaban J connectivity index is 1.40. The first kappa shape index (κ1) is 16.0. The zero-order valence-electron chi connectivity index (χ0n) is 14.2. The van der Waals surface area contributed by atoms with Crippen LogP contribution in [0.2, 0.25) is 0 Å². The van der Waals surface area contributed by atoms with E-state index in [9.17, 15) is 0 Å². The lowest BCUT2D eigenvalue weighted by atomic mass is 10.1. The third kappa shape index (κ3) is 2.81. The van der Waals surface area contributed by atoms with Gasteiger partial charge in [-0.3, -0.25) is 0 Å². The van der Waals surface area contributed by atoms with Crippen molar-refractivity contribution in [2.75, 3.05) is 0 Å². The number of hydrogen-bond acceptors (Lipinski definition) is 7. The maximum atomic E-state index is 5.85. The second-order valence-corrected chi connectivity index (χ2v) is 8.42. The summed E-state index contributed by atoms with van der Waals surface area (Å²) in [5.41, 5.74) is 3.57. The van der Waals surface area contributed by atoms with Gasteiger partial charge in [-0.2, -0.15) is 0 Å². The van der Waals surface area contributed by atoms with E-state index in [1.54, 1.807) is 18.1 Å². The number of benzene rings is 1. The van der Waals surface area contributed by atoms with Gasteiger partial charge in [-0.25, -0.2) is 9.97 Å². The minimum absolute atomic E-state index is 0.563. The molecule has 0 bridgehead atoms. The maximum absolute atomic E-state index is 5.85. The van der Waals surface area contributed by atoms with Gasteiger partial charge >= 0.3 is 0 Å². The largest absolute Gasteiger partial charge is 0.420 e. The van der Waals surface area contributed by atoms with E-state index < -0.39 is 0 Å². The van der Waals surface area contributed by atoms with Gasteiger partial charge in [0.25, 0.3) is 0 Å². The van der Waals surface area contributed by atoms with Crippen molar-refractivity contribution in [2.24, 2.45) is 0 Å². The molecular weight excluding hydrogens is 364 g/mol. The molecular formula is C19H16N4OS2. The van der Waals surface area contributed by atoms with Gasteiger partial charge in [0.1, 0.15) is 16.2 Å². The quantitative estimate of drug-likeness (QED) is 0.373. The van der Waals surface area contributed by atoms with E-state index in [1.165, 1.54) is 34.2 Å². The number of hydrogen-bond donors (Lipinski definition) is 0. The van der Waals surface area contributed by atoms with E-state index in [2.05, 4.69) is 33.2 Å². The number of thiophene rings is 1. The Morgan fingerprint density at radius 1 is 1.19 bits per heavy atom. The van der Waals surface area contributed by atoms with Crippen LogP contribution in [0.25, 0.3) is 21.7 Å². The highest BCUT2D eigenvalue weighted by Gasteiger charge is 2.21. The molecule has 0 spiro atoms. The van der Waals surface area contributed by atoms with Gasteiger partial charge in [0, 0.05) is 15.8 Å². The van der Waals surface area contributed by atoms with E-state index in [4.69, 9.17) is 4.42 Å². The topological polar surface area (TPSA) is 64.7 Å². The van der Waals surface area contributed by atoms with Crippen molar-refractivity contribution in [3.63, 3.8) is 0 Å². The van der Waals surface area contributed by atoms with Crippen LogP contribution in [-0.4, -0.2) is 20.2 Å². The average Bonchev–Trinajstić information content (AvgIpc) is 3.35. The maximum Gasteiger partial charge on any atom is 0.247 e. The Morgan fingerprint density at radius 3 is 3.08 bits per heavy atom. The van der Waals surface area contributed by atoms with Gasteiger partial charge in [0.05, 0.1) is 5.75 Å². The molecule has 1 aliphatic carbocycles. The van der Waals surface area contributed by atoms with Crippen molar-refractivity contribution in [2.45, 2.75) is 37.0 Å². The molecule has 0 saturated carbocycles. The molecule has 0 N–H and O–H groups in total. The van der Waals surface area contributed by atoms with Crippen LogP contribution >= 0.6 is 23.1 Å². The van der Waals surface area contributed by atoms with Crippen molar-refractivity contribution in [1.82, 2.24) is 20.2 Å². The van der Waals surface area contributed by atoms with Gasteiger partial charge in [0.15, 0.2) is 0 Å². The van der Waals surface area contributed by atoms with E-state index >= 15 is 0 Å².